The third-order valence-corrected chi connectivity index (χ3v) is 3.07. The lowest BCUT2D eigenvalue weighted by Crippen LogP contribution is -2.38. The molecule has 1 saturated heterocycles. The van der Waals surface area contributed by atoms with Crippen molar-refractivity contribution in [3.05, 3.63) is 23.0 Å². The molecule has 1 atom stereocenters. The molecule has 1 unspecified atom stereocenters. The number of carbonyl (C=O) groups excluding carboxylic acids is 2. The number of hydrogen-bond donors (Lipinski definition) is 0. The average molecular weight is 316 g/mol. The van der Waals surface area contributed by atoms with Crippen LogP contribution in [0.15, 0.2) is 6.20 Å². The first-order chi connectivity index (χ1) is 9.69. The minimum atomic E-state index is -0.849. The van der Waals surface area contributed by atoms with Crippen molar-refractivity contribution in [3.63, 3.8) is 0 Å². The Labute approximate surface area is 126 Å². The molecule has 8 heteroatoms. The Morgan fingerprint density at radius 1 is 1.52 bits per heavy atom. The van der Waals surface area contributed by atoms with Gasteiger partial charge in [0.05, 0.1) is 17.8 Å². The maximum Gasteiger partial charge on any atom is 0.417 e. The van der Waals surface area contributed by atoms with E-state index >= 15 is 0 Å². The molecular formula is C13H15ClFN3O3. The second-order valence-corrected chi connectivity index (χ2v) is 6.02. The Hall–Kier alpha value is -1.76. The van der Waals surface area contributed by atoms with Gasteiger partial charge < -0.3 is 4.74 Å². The number of carbonyl (C=O) groups is 2. The van der Waals surface area contributed by atoms with Crippen LogP contribution in [0, 0.1) is 5.82 Å². The average Bonchev–Trinajstić information content (AvgIpc) is 2.72. The van der Waals surface area contributed by atoms with Gasteiger partial charge in [0.1, 0.15) is 5.60 Å². The Morgan fingerprint density at radius 3 is 2.81 bits per heavy atom. The fraction of sp³-hybridized carbons (Fsp3) is 0.538. The van der Waals surface area contributed by atoms with Crippen molar-refractivity contribution in [2.24, 2.45) is 0 Å². The number of nitrogens with zero attached hydrogens (tertiary/aromatic N) is 3. The summed E-state index contributed by atoms with van der Waals surface area (Å²) >= 11 is 5.62. The monoisotopic (exact) mass is 315 g/mol. The van der Waals surface area contributed by atoms with Crippen LogP contribution in [0.2, 0.25) is 5.28 Å². The van der Waals surface area contributed by atoms with Gasteiger partial charge in [-0.05, 0) is 38.8 Å². The summed E-state index contributed by atoms with van der Waals surface area (Å²) in [7, 11) is 0. The van der Waals surface area contributed by atoms with E-state index < -0.39 is 29.3 Å². The highest BCUT2D eigenvalue weighted by atomic mass is 35.5. The first kappa shape index (κ1) is 15.6. The van der Waals surface area contributed by atoms with Crippen molar-refractivity contribution in [2.75, 3.05) is 6.54 Å². The number of amides is 2. The van der Waals surface area contributed by atoms with E-state index in [4.69, 9.17) is 16.3 Å². The molecule has 0 bridgehead atoms. The number of halogens is 2. The molecule has 0 aliphatic carbocycles. The molecule has 1 aromatic heterocycles. The summed E-state index contributed by atoms with van der Waals surface area (Å²) in [5.41, 5.74) is -0.801. The number of hydrogen-bond acceptors (Lipinski definition) is 5. The van der Waals surface area contributed by atoms with Gasteiger partial charge in [-0.1, -0.05) is 0 Å². The van der Waals surface area contributed by atoms with Crippen molar-refractivity contribution in [1.82, 2.24) is 14.9 Å². The number of likely N-dealkylation sites (tertiary alicyclic amines) is 1. The quantitative estimate of drug-likeness (QED) is 0.745. The molecule has 21 heavy (non-hydrogen) atoms. The summed E-state index contributed by atoms with van der Waals surface area (Å²) in [6.45, 7) is 5.26. The molecule has 1 fully saturated rings. The van der Waals surface area contributed by atoms with Crippen molar-refractivity contribution in [3.8, 4) is 0 Å². The summed E-state index contributed by atoms with van der Waals surface area (Å²) in [6.07, 6.45) is 0.437. The van der Waals surface area contributed by atoms with E-state index in [0.717, 1.165) is 11.1 Å². The maximum absolute atomic E-state index is 13.7. The standard InChI is InChI=1S/C13H15ClFN3O3/c1-13(2,3)21-12(20)18-5-4-7(10(18)19)9-8(15)6-16-11(14)17-9/h6-7H,4-5H2,1-3H3. The molecule has 6 nitrogen and oxygen atoms in total. The fourth-order valence-electron chi connectivity index (χ4n) is 2.03. The topological polar surface area (TPSA) is 72.4 Å². The molecule has 0 spiro atoms. The SMILES string of the molecule is CC(C)(C)OC(=O)N1CCC(c2nc(Cl)ncc2F)C1=O. The Bertz CT molecular complexity index is 589. The largest absolute Gasteiger partial charge is 0.443 e. The summed E-state index contributed by atoms with van der Waals surface area (Å²) in [5.74, 6) is -2.11. The molecular weight excluding hydrogens is 301 g/mol. The number of aromatic nitrogens is 2. The third kappa shape index (κ3) is 3.47. The van der Waals surface area contributed by atoms with Crippen LogP contribution in [0.1, 0.15) is 38.8 Å². The second-order valence-electron chi connectivity index (χ2n) is 5.68. The number of ether oxygens (including phenoxy) is 1. The van der Waals surface area contributed by atoms with Gasteiger partial charge in [0.15, 0.2) is 5.82 Å². The zero-order valence-electron chi connectivity index (χ0n) is 11.9. The van der Waals surface area contributed by atoms with Crippen LogP contribution >= 0.6 is 11.6 Å². The van der Waals surface area contributed by atoms with Crippen LogP contribution < -0.4 is 0 Å². The Morgan fingerprint density at radius 2 is 2.19 bits per heavy atom. The van der Waals surface area contributed by atoms with Crippen molar-refractivity contribution >= 4 is 23.6 Å². The van der Waals surface area contributed by atoms with Gasteiger partial charge >= 0.3 is 6.09 Å². The van der Waals surface area contributed by atoms with Crippen LogP contribution in [-0.2, 0) is 9.53 Å². The van der Waals surface area contributed by atoms with E-state index in [2.05, 4.69) is 9.97 Å². The van der Waals surface area contributed by atoms with Crippen LogP contribution in [0.25, 0.3) is 0 Å². The molecule has 2 rings (SSSR count). The molecule has 1 aliphatic heterocycles. The highest BCUT2D eigenvalue weighted by Crippen LogP contribution is 2.30. The zero-order chi connectivity index (χ0) is 15.8. The molecule has 1 aliphatic rings. The first-order valence-corrected chi connectivity index (χ1v) is 6.79. The van der Waals surface area contributed by atoms with Gasteiger partial charge in [0.25, 0.3) is 0 Å². The van der Waals surface area contributed by atoms with E-state index in [1.54, 1.807) is 20.8 Å². The first-order valence-electron chi connectivity index (χ1n) is 6.41. The minimum absolute atomic E-state index is 0.0916. The Balaban J connectivity index is 2.18. The highest BCUT2D eigenvalue weighted by molar-refractivity contribution is 6.28. The smallest absolute Gasteiger partial charge is 0.417 e. The maximum atomic E-state index is 13.7. The molecule has 114 valence electrons. The van der Waals surface area contributed by atoms with Crippen molar-refractivity contribution in [1.29, 1.82) is 0 Å². The summed E-state index contributed by atoms with van der Waals surface area (Å²) < 4.78 is 18.9. The molecule has 0 saturated carbocycles. The van der Waals surface area contributed by atoms with E-state index in [1.807, 2.05) is 0 Å². The lowest BCUT2D eigenvalue weighted by atomic mass is 10.0. The van der Waals surface area contributed by atoms with Crippen molar-refractivity contribution < 1.29 is 18.7 Å². The number of imide groups is 1. The molecule has 0 N–H and O–H groups in total. The van der Waals surface area contributed by atoms with Gasteiger partial charge in [0.2, 0.25) is 11.2 Å². The van der Waals surface area contributed by atoms with Gasteiger partial charge in [-0.15, -0.1) is 0 Å². The zero-order valence-corrected chi connectivity index (χ0v) is 12.6. The van der Waals surface area contributed by atoms with E-state index in [-0.39, 0.29) is 23.9 Å². The van der Waals surface area contributed by atoms with E-state index in [1.165, 1.54) is 0 Å². The third-order valence-electron chi connectivity index (χ3n) is 2.89. The molecule has 1 aromatic rings. The van der Waals surface area contributed by atoms with E-state index in [9.17, 15) is 14.0 Å². The van der Waals surface area contributed by atoms with E-state index in [0.29, 0.717) is 0 Å². The molecule has 2 heterocycles. The van der Waals surface area contributed by atoms with Gasteiger partial charge in [-0.3, -0.25) is 4.79 Å². The van der Waals surface area contributed by atoms with Crippen LogP contribution in [0.5, 0.6) is 0 Å². The summed E-state index contributed by atoms with van der Waals surface area (Å²) in [4.78, 5) is 32.4. The van der Waals surface area contributed by atoms with Gasteiger partial charge in [-0.2, -0.15) is 0 Å². The predicted molar refractivity (Wildman–Crippen MR) is 72.3 cm³/mol. The number of rotatable bonds is 1. The lowest BCUT2D eigenvalue weighted by Gasteiger charge is -2.23. The molecule has 2 amide bonds. The summed E-state index contributed by atoms with van der Waals surface area (Å²) in [6, 6.07) is 0. The molecule has 0 aromatic carbocycles. The van der Waals surface area contributed by atoms with Crippen LogP contribution in [-0.4, -0.2) is 39.0 Å². The molecule has 0 radical (unpaired) electrons. The normalized spacial score (nSPS) is 19.0. The predicted octanol–water partition coefficient (Wildman–Crippen LogP) is 2.52. The minimum Gasteiger partial charge on any atom is -0.443 e. The Kier molecular flexibility index (Phi) is 4.13. The van der Waals surface area contributed by atoms with Crippen LogP contribution in [0.3, 0.4) is 0 Å². The van der Waals surface area contributed by atoms with Gasteiger partial charge in [0, 0.05) is 6.54 Å². The van der Waals surface area contributed by atoms with Gasteiger partial charge in [-0.25, -0.2) is 24.1 Å². The second kappa shape index (κ2) is 5.55. The van der Waals surface area contributed by atoms with Crippen LogP contribution in [0.4, 0.5) is 9.18 Å². The fourth-order valence-corrected chi connectivity index (χ4v) is 2.17. The highest BCUT2D eigenvalue weighted by Gasteiger charge is 2.40. The lowest BCUT2D eigenvalue weighted by molar-refractivity contribution is -0.128. The summed E-state index contributed by atoms with van der Waals surface area (Å²) in [5, 5.41) is -0.144. The van der Waals surface area contributed by atoms with Crippen molar-refractivity contribution in [2.45, 2.75) is 38.7 Å².